The fourth-order valence-electron chi connectivity index (χ4n) is 1.73. The quantitative estimate of drug-likeness (QED) is 0.916. The van der Waals surface area contributed by atoms with E-state index in [1.807, 2.05) is 31.1 Å². The average Bonchev–Trinajstić information content (AvgIpc) is 3.00. The zero-order chi connectivity index (χ0) is 13.8. The number of hydrogen-bond donors (Lipinski definition) is 1. The van der Waals surface area contributed by atoms with Gasteiger partial charge in [-0.3, -0.25) is 9.69 Å². The molecule has 0 spiro atoms. The van der Waals surface area contributed by atoms with Crippen LogP contribution in [0.4, 0.5) is 0 Å². The maximum atomic E-state index is 11.8. The second kappa shape index (κ2) is 5.95. The van der Waals surface area contributed by atoms with Gasteiger partial charge in [0.25, 0.3) is 5.91 Å². The molecule has 102 valence electrons. The van der Waals surface area contributed by atoms with E-state index < -0.39 is 0 Å². The number of nitrogens with zero attached hydrogens (tertiary/aromatic N) is 1. The molecule has 5 nitrogen and oxygen atoms in total. The van der Waals surface area contributed by atoms with Crippen molar-refractivity contribution in [2.24, 2.45) is 0 Å². The molecule has 0 bridgehead atoms. The van der Waals surface area contributed by atoms with E-state index in [-0.39, 0.29) is 22.9 Å². The molecule has 19 heavy (non-hydrogen) atoms. The Morgan fingerprint density at radius 2 is 2.21 bits per heavy atom. The first-order valence-electron chi connectivity index (χ1n) is 5.81. The highest BCUT2D eigenvalue weighted by Crippen LogP contribution is 2.18. The summed E-state index contributed by atoms with van der Waals surface area (Å²) in [5.74, 6) is 0.690. The van der Waals surface area contributed by atoms with Crippen molar-refractivity contribution in [2.75, 3.05) is 20.6 Å². The monoisotopic (exact) mass is 282 g/mol. The smallest absolute Gasteiger partial charge is 0.287 e. The third-order valence-corrected chi connectivity index (χ3v) is 2.95. The molecule has 0 saturated carbocycles. The third-order valence-electron chi connectivity index (χ3n) is 2.75. The molecular weight excluding hydrogens is 268 g/mol. The first-order chi connectivity index (χ1) is 9.08. The zero-order valence-electron chi connectivity index (χ0n) is 10.7. The molecule has 0 saturated heterocycles. The Kier molecular flexibility index (Phi) is 4.29. The number of amides is 1. The summed E-state index contributed by atoms with van der Waals surface area (Å²) in [7, 11) is 3.84. The number of carbonyl (C=O) groups is 1. The Bertz CT molecular complexity index is 534. The maximum Gasteiger partial charge on any atom is 0.287 e. The van der Waals surface area contributed by atoms with E-state index in [9.17, 15) is 4.79 Å². The molecule has 0 aliphatic carbocycles. The number of halogens is 1. The molecule has 0 aliphatic rings. The van der Waals surface area contributed by atoms with Gasteiger partial charge in [-0.2, -0.15) is 0 Å². The highest BCUT2D eigenvalue weighted by atomic mass is 35.5. The number of nitrogens with one attached hydrogen (secondary N) is 1. The Morgan fingerprint density at radius 1 is 1.42 bits per heavy atom. The lowest BCUT2D eigenvalue weighted by atomic mass is 10.2. The van der Waals surface area contributed by atoms with Gasteiger partial charge in [0.05, 0.1) is 12.3 Å². The van der Waals surface area contributed by atoms with Crippen LogP contribution in [0.25, 0.3) is 0 Å². The molecule has 0 aromatic carbocycles. The van der Waals surface area contributed by atoms with Crippen LogP contribution < -0.4 is 5.32 Å². The predicted octanol–water partition coefficient (Wildman–Crippen LogP) is 2.56. The average molecular weight is 283 g/mol. The largest absolute Gasteiger partial charge is 0.468 e. The van der Waals surface area contributed by atoms with E-state index >= 15 is 0 Å². The van der Waals surface area contributed by atoms with Gasteiger partial charge in [-0.25, -0.2) is 0 Å². The van der Waals surface area contributed by atoms with Crippen molar-refractivity contribution in [3.05, 3.63) is 47.3 Å². The molecule has 2 aromatic rings. The predicted molar refractivity (Wildman–Crippen MR) is 71.2 cm³/mol. The van der Waals surface area contributed by atoms with Gasteiger partial charge in [-0.05, 0) is 50.0 Å². The molecule has 0 aliphatic heterocycles. The van der Waals surface area contributed by atoms with E-state index in [0.717, 1.165) is 5.76 Å². The second-order valence-corrected chi connectivity index (χ2v) is 4.68. The van der Waals surface area contributed by atoms with E-state index in [0.29, 0.717) is 6.54 Å². The van der Waals surface area contributed by atoms with E-state index in [4.69, 9.17) is 20.4 Å². The minimum atomic E-state index is -0.301. The van der Waals surface area contributed by atoms with E-state index in [1.54, 1.807) is 6.26 Å². The highest BCUT2D eigenvalue weighted by molar-refractivity contribution is 6.29. The molecule has 6 heteroatoms. The van der Waals surface area contributed by atoms with Crippen LogP contribution in [-0.2, 0) is 0 Å². The summed E-state index contributed by atoms with van der Waals surface area (Å²) in [6.07, 6.45) is 1.61. The van der Waals surface area contributed by atoms with Crippen LogP contribution in [0.2, 0.25) is 5.22 Å². The van der Waals surface area contributed by atoms with Crippen LogP contribution in [0, 0.1) is 0 Å². The van der Waals surface area contributed by atoms with Crippen molar-refractivity contribution >= 4 is 17.5 Å². The molecule has 2 heterocycles. The van der Waals surface area contributed by atoms with Gasteiger partial charge in [-0.15, -0.1) is 0 Å². The summed E-state index contributed by atoms with van der Waals surface area (Å²) in [4.78, 5) is 13.8. The van der Waals surface area contributed by atoms with Crippen LogP contribution in [-0.4, -0.2) is 31.4 Å². The summed E-state index contributed by atoms with van der Waals surface area (Å²) in [5.41, 5.74) is 0. The summed E-state index contributed by atoms with van der Waals surface area (Å²) < 4.78 is 10.4. The molecule has 2 aromatic heterocycles. The molecular formula is C13H15ClN2O3. The van der Waals surface area contributed by atoms with Crippen LogP contribution in [0.5, 0.6) is 0 Å². The zero-order valence-corrected chi connectivity index (χ0v) is 11.5. The number of furan rings is 2. The van der Waals surface area contributed by atoms with Gasteiger partial charge in [-0.1, -0.05) is 0 Å². The van der Waals surface area contributed by atoms with Crippen molar-refractivity contribution in [1.82, 2.24) is 10.2 Å². The highest BCUT2D eigenvalue weighted by Gasteiger charge is 2.19. The maximum absolute atomic E-state index is 11.8. The summed E-state index contributed by atoms with van der Waals surface area (Å²) >= 11 is 5.63. The summed E-state index contributed by atoms with van der Waals surface area (Å²) in [5, 5.41) is 2.98. The number of rotatable bonds is 5. The lowest BCUT2D eigenvalue weighted by Crippen LogP contribution is -2.34. The van der Waals surface area contributed by atoms with Crippen LogP contribution in [0.1, 0.15) is 22.4 Å². The number of likely N-dealkylation sites (N-methyl/N-ethyl adjacent to an activating group) is 1. The molecule has 0 fully saturated rings. The third kappa shape index (κ3) is 3.39. The topological polar surface area (TPSA) is 58.6 Å². The van der Waals surface area contributed by atoms with Gasteiger partial charge >= 0.3 is 0 Å². The number of hydrogen-bond acceptors (Lipinski definition) is 4. The SMILES string of the molecule is CN(C)C(CNC(=O)c1ccc(Cl)o1)c1ccco1. The Balaban J connectivity index is 1.98. The molecule has 2 rings (SSSR count). The van der Waals surface area contributed by atoms with Gasteiger partial charge in [0.1, 0.15) is 5.76 Å². The van der Waals surface area contributed by atoms with Gasteiger partial charge in [0.15, 0.2) is 11.0 Å². The normalized spacial score (nSPS) is 12.6. The van der Waals surface area contributed by atoms with E-state index in [1.165, 1.54) is 12.1 Å². The van der Waals surface area contributed by atoms with Gasteiger partial charge in [0.2, 0.25) is 0 Å². The van der Waals surface area contributed by atoms with Crippen molar-refractivity contribution in [1.29, 1.82) is 0 Å². The lowest BCUT2D eigenvalue weighted by Gasteiger charge is -2.22. The van der Waals surface area contributed by atoms with Crippen molar-refractivity contribution in [3.8, 4) is 0 Å². The lowest BCUT2D eigenvalue weighted by molar-refractivity contribution is 0.0911. The van der Waals surface area contributed by atoms with Crippen molar-refractivity contribution in [3.63, 3.8) is 0 Å². The van der Waals surface area contributed by atoms with Gasteiger partial charge in [0, 0.05) is 6.54 Å². The van der Waals surface area contributed by atoms with Gasteiger partial charge < -0.3 is 14.2 Å². The first kappa shape index (κ1) is 13.7. The standard InChI is InChI=1S/C13H15ClN2O3/c1-16(2)9(10-4-3-7-18-10)8-15-13(17)11-5-6-12(14)19-11/h3-7,9H,8H2,1-2H3,(H,15,17). The minimum absolute atomic E-state index is 0.0376. The fraction of sp³-hybridized carbons (Fsp3) is 0.308. The fourth-order valence-corrected chi connectivity index (χ4v) is 1.88. The molecule has 1 unspecified atom stereocenters. The number of carbonyl (C=O) groups excluding carboxylic acids is 1. The van der Waals surface area contributed by atoms with Crippen LogP contribution in [0.3, 0.4) is 0 Å². The molecule has 1 amide bonds. The minimum Gasteiger partial charge on any atom is -0.468 e. The van der Waals surface area contributed by atoms with Crippen LogP contribution in [0.15, 0.2) is 39.4 Å². The van der Waals surface area contributed by atoms with E-state index in [2.05, 4.69) is 5.32 Å². The Hall–Kier alpha value is -1.72. The summed E-state index contributed by atoms with van der Waals surface area (Å²) in [6, 6.07) is 6.73. The Morgan fingerprint density at radius 3 is 2.74 bits per heavy atom. The van der Waals surface area contributed by atoms with Crippen molar-refractivity contribution < 1.29 is 13.6 Å². The second-order valence-electron chi connectivity index (χ2n) is 4.31. The molecule has 1 atom stereocenters. The molecule has 1 N–H and O–H groups in total. The molecule has 0 radical (unpaired) electrons. The Labute approximate surface area is 116 Å². The van der Waals surface area contributed by atoms with Crippen molar-refractivity contribution in [2.45, 2.75) is 6.04 Å². The summed E-state index contributed by atoms with van der Waals surface area (Å²) in [6.45, 7) is 0.414. The first-order valence-corrected chi connectivity index (χ1v) is 6.19. The van der Waals surface area contributed by atoms with Crippen LogP contribution >= 0.6 is 11.6 Å².